The molecule has 2 aromatic rings. The molecule has 1 unspecified atom stereocenters. The van der Waals surface area contributed by atoms with E-state index in [0.29, 0.717) is 5.75 Å². The maximum atomic E-state index is 9.76. The molecule has 0 fully saturated rings. The summed E-state index contributed by atoms with van der Waals surface area (Å²) < 4.78 is 0. The van der Waals surface area contributed by atoms with E-state index in [4.69, 9.17) is 0 Å². The monoisotopic (exact) mass is 267 g/mol. The van der Waals surface area contributed by atoms with Gasteiger partial charge in [0.1, 0.15) is 5.75 Å². The van der Waals surface area contributed by atoms with E-state index in [1.54, 1.807) is 6.07 Å². The van der Waals surface area contributed by atoms with Crippen molar-refractivity contribution in [2.24, 2.45) is 0 Å². The lowest BCUT2D eigenvalue weighted by Gasteiger charge is -2.45. The molecule has 1 heterocycles. The number of nitrogens with one attached hydrogen (secondary N) is 1. The van der Waals surface area contributed by atoms with E-state index in [1.165, 1.54) is 11.1 Å². The van der Waals surface area contributed by atoms with Gasteiger partial charge in [-0.2, -0.15) is 0 Å². The van der Waals surface area contributed by atoms with Crippen molar-refractivity contribution in [3.63, 3.8) is 0 Å². The van der Waals surface area contributed by atoms with Crippen LogP contribution in [0.3, 0.4) is 0 Å². The third kappa shape index (κ3) is 2.05. The molecule has 0 amide bonds. The largest absolute Gasteiger partial charge is 0.508 e. The van der Waals surface area contributed by atoms with E-state index in [-0.39, 0.29) is 11.0 Å². The van der Waals surface area contributed by atoms with Crippen molar-refractivity contribution in [2.45, 2.75) is 38.1 Å². The Labute approximate surface area is 120 Å². The van der Waals surface area contributed by atoms with Gasteiger partial charge in [-0.15, -0.1) is 0 Å². The third-order valence-corrected chi connectivity index (χ3v) is 4.28. The lowest BCUT2D eigenvalue weighted by atomic mass is 9.66. The minimum Gasteiger partial charge on any atom is -0.508 e. The molecule has 0 saturated heterocycles. The normalized spacial score (nSPS) is 23.8. The van der Waals surface area contributed by atoms with Gasteiger partial charge in [0, 0.05) is 22.7 Å². The number of aromatic hydroxyl groups is 1. The SMILES string of the molecule is CC1(C)CC(C)(c2ccccc2)c2ccc(O)cc2N1. The van der Waals surface area contributed by atoms with E-state index in [1.807, 2.05) is 12.1 Å². The second kappa shape index (κ2) is 4.27. The average Bonchev–Trinajstić information content (AvgIpc) is 2.37. The van der Waals surface area contributed by atoms with Crippen molar-refractivity contribution >= 4 is 5.69 Å². The Morgan fingerprint density at radius 2 is 1.70 bits per heavy atom. The van der Waals surface area contributed by atoms with Gasteiger partial charge in [0.25, 0.3) is 0 Å². The summed E-state index contributed by atoms with van der Waals surface area (Å²) in [5.74, 6) is 0.310. The van der Waals surface area contributed by atoms with Crippen LogP contribution in [-0.4, -0.2) is 10.6 Å². The molecule has 0 aliphatic carbocycles. The van der Waals surface area contributed by atoms with Gasteiger partial charge < -0.3 is 10.4 Å². The molecule has 0 bridgehead atoms. The zero-order valence-electron chi connectivity index (χ0n) is 12.3. The van der Waals surface area contributed by atoms with E-state index in [2.05, 4.69) is 56.4 Å². The van der Waals surface area contributed by atoms with Gasteiger partial charge in [-0.3, -0.25) is 0 Å². The molecule has 0 radical (unpaired) electrons. The van der Waals surface area contributed by atoms with Crippen molar-refractivity contribution in [2.75, 3.05) is 5.32 Å². The Morgan fingerprint density at radius 1 is 1.00 bits per heavy atom. The average molecular weight is 267 g/mol. The van der Waals surface area contributed by atoms with Gasteiger partial charge >= 0.3 is 0 Å². The first-order valence-corrected chi connectivity index (χ1v) is 7.08. The Balaban J connectivity index is 2.21. The fraction of sp³-hybridized carbons (Fsp3) is 0.333. The van der Waals surface area contributed by atoms with E-state index in [0.717, 1.165) is 12.1 Å². The Morgan fingerprint density at radius 3 is 2.40 bits per heavy atom. The zero-order valence-corrected chi connectivity index (χ0v) is 12.3. The van der Waals surface area contributed by atoms with Crippen LogP contribution in [0.1, 0.15) is 38.3 Å². The first kappa shape index (κ1) is 13.0. The highest BCUT2D eigenvalue weighted by Gasteiger charge is 2.41. The molecule has 2 N–H and O–H groups in total. The summed E-state index contributed by atoms with van der Waals surface area (Å²) in [6.07, 6.45) is 1.02. The topological polar surface area (TPSA) is 32.3 Å². The molecular weight excluding hydrogens is 246 g/mol. The number of rotatable bonds is 1. The van der Waals surface area contributed by atoms with Gasteiger partial charge in [0.05, 0.1) is 0 Å². The summed E-state index contributed by atoms with van der Waals surface area (Å²) in [5.41, 5.74) is 3.56. The van der Waals surface area contributed by atoms with Gasteiger partial charge in [-0.05, 0) is 37.5 Å². The summed E-state index contributed by atoms with van der Waals surface area (Å²) in [4.78, 5) is 0. The molecule has 0 aromatic heterocycles. The highest BCUT2D eigenvalue weighted by molar-refractivity contribution is 5.64. The van der Waals surface area contributed by atoms with Gasteiger partial charge in [-0.25, -0.2) is 0 Å². The second-order valence-corrected chi connectivity index (χ2v) is 6.61. The lowest BCUT2D eigenvalue weighted by molar-refractivity contribution is 0.377. The number of hydrogen-bond acceptors (Lipinski definition) is 2. The number of anilines is 1. The molecule has 2 aromatic carbocycles. The van der Waals surface area contributed by atoms with Crippen LogP contribution in [0.15, 0.2) is 48.5 Å². The minimum absolute atomic E-state index is 0.00855. The predicted octanol–water partition coefficient (Wildman–Crippen LogP) is 4.29. The minimum atomic E-state index is -0.0426. The van der Waals surface area contributed by atoms with Gasteiger partial charge in [0.2, 0.25) is 0 Å². The van der Waals surface area contributed by atoms with Crippen LogP contribution in [-0.2, 0) is 5.41 Å². The maximum absolute atomic E-state index is 9.76. The standard InChI is InChI=1S/C18H21NO/c1-17(2)12-18(3,13-7-5-4-6-8-13)15-10-9-14(20)11-16(15)19-17/h4-11,19-20H,12H2,1-3H3. The molecule has 20 heavy (non-hydrogen) atoms. The summed E-state index contributed by atoms with van der Waals surface area (Å²) in [6.45, 7) is 6.71. The van der Waals surface area contributed by atoms with Crippen LogP contribution in [0.5, 0.6) is 5.75 Å². The first-order chi connectivity index (χ1) is 9.41. The zero-order chi connectivity index (χ0) is 14.4. The molecule has 1 atom stereocenters. The van der Waals surface area contributed by atoms with Crippen molar-refractivity contribution in [1.82, 2.24) is 0 Å². The Kier molecular flexibility index (Phi) is 2.79. The summed E-state index contributed by atoms with van der Waals surface area (Å²) in [7, 11) is 0. The molecule has 0 spiro atoms. The van der Waals surface area contributed by atoms with Crippen LogP contribution >= 0.6 is 0 Å². The molecule has 2 heteroatoms. The highest BCUT2D eigenvalue weighted by atomic mass is 16.3. The summed E-state index contributed by atoms with van der Waals surface area (Å²) in [5, 5.41) is 13.3. The molecule has 1 aliphatic rings. The van der Waals surface area contributed by atoms with Crippen molar-refractivity contribution in [3.05, 3.63) is 59.7 Å². The van der Waals surface area contributed by atoms with E-state index in [9.17, 15) is 5.11 Å². The van der Waals surface area contributed by atoms with Crippen LogP contribution in [0.2, 0.25) is 0 Å². The van der Waals surface area contributed by atoms with Crippen LogP contribution in [0.25, 0.3) is 0 Å². The third-order valence-electron chi connectivity index (χ3n) is 4.28. The molecule has 104 valence electrons. The van der Waals surface area contributed by atoms with Gasteiger partial charge in [0.15, 0.2) is 0 Å². The van der Waals surface area contributed by atoms with Crippen LogP contribution in [0, 0.1) is 0 Å². The van der Waals surface area contributed by atoms with Crippen molar-refractivity contribution in [3.8, 4) is 5.75 Å². The molecule has 1 aliphatic heterocycles. The van der Waals surface area contributed by atoms with Crippen molar-refractivity contribution in [1.29, 1.82) is 0 Å². The predicted molar refractivity (Wildman–Crippen MR) is 83.3 cm³/mol. The fourth-order valence-electron chi connectivity index (χ4n) is 3.57. The first-order valence-electron chi connectivity index (χ1n) is 7.08. The van der Waals surface area contributed by atoms with E-state index < -0.39 is 0 Å². The number of hydrogen-bond donors (Lipinski definition) is 2. The number of phenols is 1. The fourth-order valence-corrected chi connectivity index (χ4v) is 3.57. The van der Waals surface area contributed by atoms with E-state index >= 15 is 0 Å². The van der Waals surface area contributed by atoms with Crippen LogP contribution < -0.4 is 5.32 Å². The molecule has 2 nitrogen and oxygen atoms in total. The second-order valence-electron chi connectivity index (χ2n) is 6.61. The Bertz CT molecular complexity index is 633. The number of fused-ring (bicyclic) bond motifs is 1. The molecular formula is C18H21NO. The van der Waals surface area contributed by atoms with Crippen molar-refractivity contribution < 1.29 is 5.11 Å². The number of phenolic OH excluding ortho intramolecular Hbond substituents is 1. The smallest absolute Gasteiger partial charge is 0.117 e. The summed E-state index contributed by atoms with van der Waals surface area (Å²) >= 11 is 0. The quantitative estimate of drug-likeness (QED) is 0.807. The van der Waals surface area contributed by atoms with Gasteiger partial charge in [-0.1, -0.05) is 43.3 Å². The Hall–Kier alpha value is -1.96. The molecule has 0 saturated carbocycles. The number of benzene rings is 2. The molecule has 3 rings (SSSR count). The summed E-state index contributed by atoms with van der Waals surface area (Å²) in [6, 6.07) is 16.3. The maximum Gasteiger partial charge on any atom is 0.117 e. The highest BCUT2D eigenvalue weighted by Crippen LogP contribution is 2.47. The lowest BCUT2D eigenvalue weighted by Crippen LogP contribution is -2.45. The van der Waals surface area contributed by atoms with Crippen LogP contribution in [0.4, 0.5) is 5.69 Å².